The van der Waals surface area contributed by atoms with Gasteiger partial charge in [0.15, 0.2) is 0 Å². The third-order valence-corrected chi connectivity index (χ3v) is 8.77. The molecule has 9 nitrogen and oxygen atoms in total. The molecule has 0 aliphatic rings. The highest BCUT2D eigenvalue weighted by Gasteiger charge is 2.23. The van der Waals surface area contributed by atoms with E-state index in [4.69, 9.17) is 13.8 Å². The number of carbonyl (C=O) groups is 2. The molecule has 262 valence electrons. The van der Waals surface area contributed by atoms with Gasteiger partial charge in [-0.2, -0.15) is 0 Å². The van der Waals surface area contributed by atoms with Gasteiger partial charge in [-0.15, -0.1) is 0 Å². The molecule has 10 heteroatoms. The zero-order valence-corrected chi connectivity index (χ0v) is 29.3. The molecule has 2 unspecified atom stereocenters. The van der Waals surface area contributed by atoms with E-state index in [1.807, 2.05) is 0 Å². The van der Waals surface area contributed by atoms with Crippen molar-refractivity contribution < 1.29 is 37.9 Å². The van der Waals surface area contributed by atoms with Crippen LogP contribution >= 0.6 is 7.82 Å². The lowest BCUT2D eigenvalue weighted by Gasteiger charge is -2.15. The van der Waals surface area contributed by atoms with Gasteiger partial charge >= 0.3 is 13.8 Å². The van der Waals surface area contributed by atoms with Gasteiger partial charge in [-0.25, -0.2) is 4.57 Å². The van der Waals surface area contributed by atoms with E-state index in [0.717, 1.165) is 44.9 Å². The van der Waals surface area contributed by atoms with Crippen LogP contribution in [0.5, 0.6) is 0 Å². The summed E-state index contributed by atoms with van der Waals surface area (Å²) < 4.78 is 26.5. The number of aliphatic hydroxyl groups is 1. The topological polar surface area (TPSA) is 131 Å². The van der Waals surface area contributed by atoms with Gasteiger partial charge in [0.2, 0.25) is 5.91 Å². The molecule has 0 aliphatic carbocycles. The second-order valence-electron chi connectivity index (χ2n) is 12.2. The molecule has 1 amide bonds. The van der Waals surface area contributed by atoms with Crippen LogP contribution in [0.4, 0.5) is 0 Å². The minimum Gasteiger partial charge on any atom is -0.463 e. The molecule has 0 aromatic heterocycles. The molecule has 2 atom stereocenters. The molecule has 0 spiro atoms. The Bertz CT molecular complexity index is 709. The zero-order valence-electron chi connectivity index (χ0n) is 28.4. The summed E-state index contributed by atoms with van der Waals surface area (Å²) in [6.07, 6.45) is 28.1. The average Bonchev–Trinajstić information content (AvgIpc) is 3.00. The Labute approximate surface area is 269 Å². The molecular weight excluding hydrogens is 581 g/mol. The van der Waals surface area contributed by atoms with Crippen LogP contribution in [0.2, 0.25) is 0 Å². The normalized spacial score (nSPS) is 13.5. The number of carbonyl (C=O) groups excluding carboxylic acids is 2. The summed E-state index contributed by atoms with van der Waals surface area (Å²) in [4.78, 5) is 33.3. The molecule has 3 N–H and O–H groups in total. The van der Waals surface area contributed by atoms with E-state index >= 15 is 0 Å². The van der Waals surface area contributed by atoms with Crippen LogP contribution in [0.25, 0.3) is 0 Å². The number of hydrogen-bond donors (Lipinski definition) is 3. The number of phosphoric acid groups is 1. The van der Waals surface area contributed by atoms with E-state index in [1.54, 1.807) is 0 Å². The summed E-state index contributed by atoms with van der Waals surface area (Å²) in [6, 6.07) is 0. The molecule has 0 rings (SSSR count). The minimum atomic E-state index is -4.39. The van der Waals surface area contributed by atoms with Gasteiger partial charge in [0.1, 0.15) is 12.7 Å². The number of hydrogen-bond acceptors (Lipinski definition) is 7. The number of aliphatic hydroxyl groups excluding tert-OH is 1. The Morgan fingerprint density at radius 2 is 1.02 bits per heavy atom. The van der Waals surface area contributed by atoms with Gasteiger partial charge in [0.25, 0.3) is 0 Å². The molecule has 0 radical (unpaired) electrons. The van der Waals surface area contributed by atoms with Crippen LogP contribution in [0.3, 0.4) is 0 Å². The van der Waals surface area contributed by atoms with Crippen molar-refractivity contribution in [3.05, 3.63) is 0 Å². The van der Waals surface area contributed by atoms with E-state index in [0.29, 0.717) is 12.8 Å². The number of rotatable bonds is 34. The second-order valence-corrected chi connectivity index (χ2v) is 13.7. The molecule has 0 heterocycles. The molecule has 44 heavy (non-hydrogen) atoms. The van der Waals surface area contributed by atoms with Crippen molar-refractivity contribution in [1.82, 2.24) is 5.32 Å². The maximum Gasteiger partial charge on any atom is 0.472 e. The predicted molar refractivity (Wildman–Crippen MR) is 178 cm³/mol. The zero-order chi connectivity index (χ0) is 32.6. The van der Waals surface area contributed by atoms with Gasteiger partial charge in [-0.3, -0.25) is 18.6 Å². The fourth-order valence-corrected chi connectivity index (χ4v) is 5.78. The highest BCUT2D eigenvalue weighted by molar-refractivity contribution is 7.47. The summed E-state index contributed by atoms with van der Waals surface area (Å²) >= 11 is 0. The number of nitrogens with one attached hydrogen (secondary N) is 1. The lowest BCUT2D eigenvalue weighted by molar-refractivity contribution is -0.147. The van der Waals surface area contributed by atoms with Crippen molar-refractivity contribution in [3.8, 4) is 0 Å². The standard InChI is InChI=1S/C34H68NO8P/c1-3-5-7-9-10-11-12-13-14-15-16-17-18-19-20-21-22-23-25-27-34(38)41-30-32(36)31-43-44(39,40)42-29-28-35-33(37)26-24-8-6-4-2/h32,36H,3-31H2,1-2H3,(H,35,37)(H,39,40). The van der Waals surface area contributed by atoms with Gasteiger partial charge in [-0.1, -0.05) is 149 Å². The fourth-order valence-electron chi connectivity index (χ4n) is 5.03. The van der Waals surface area contributed by atoms with Gasteiger partial charge in [0.05, 0.1) is 13.2 Å². The van der Waals surface area contributed by atoms with E-state index < -0.39 is 26.5 Å². The van der Waals surface area contributed by atoms with Gasteiger partial charge < -0.3 is 20.1 Å². The lowest BCUT2D eigenvalue weighted by Crippen LogP contribution is -2.27. The highest BCUT2D eigenvalue weighted by atomic mass is 31.2. The summed E-state index contributed by atoms with van der Waals surface area (Å²) in [5, 5.41) is 12.5. The molecular formula is C34H68NO8P. The van der Waals surface area contributed by atoms with Gasteiger partial charge in [-0.05, 0) is 12.8 Å². The third kappa shape index (κ3) is 32.4. The van der Waals surface area contributed by atoms with Crippen molar-refractivity contribution in [3.63, 3.8) is 0 Å². The van der Waals surface area contributed by atoms with E-state index in [-0.39, 0.29) is 25.7 Å². The van der Waals surface area contributed by atoms with Crippen LogP contribution in [0.1, 0.15) is 174 Å². The lowest BCUT2D eigenvalue weighted by atomic mass is 10.0. The van der Waals surface area contributed by atoms with Crippen molar-refractivity contribution >= 4 is 19.7 Å². The first-order valence-corrected chi connectivity index (χ1v) is 19.5. The monoisotopic (exact) mass is 649 g/mol. The van der Waals surface area contributed by atoms with Crippen LogP contribution in [0.15, 0.2) is 0 Å². The van der Waals surface area contributed by atoms with Crippen molar-refractivity contribution in [1.29, 1.82) is 0 Å². The molecule has 0 aliphatic heterocycles. The molecule has 0 bridgehead atoms. The maximum atomic E-state index is 11.9. The summed E-state index contributed by atoms with van der Waals surface area (Å²) in [5.41, 5.74) is 0. The van der Waals surface area contributed by atoms with Crippen molar-refractivity contribution in [2.75, 3.05) is 26.4 Å². The van der Waals surface area contributed by atoms with E-state index in [1.165, 1.54) is 103 Å². The first kappa shape index (κ1) is 43.0. The van der Waals surface area contributed by atoms with E-state index in [2.05, 4.69) is 19.2 Å². The third-order valence-electron chi connectivity index (χ3n) is 7.79. The van der Waals surface area contributed by atoms with Crippen LogP contribution in [0, 0.1) is 0 Å². The summed E-state index contributed by atoms with van der Waals surface area (Å²) in [5.74, 6) is -0.527. The first-order chi connectivity index (χ1) is 21.3. The molecule has 0 fully saturated rings. The second kappa shape index (κ2) is 32.0. The Morgan fingerprint density at radius 3 is 1.50 bits per heavy atom. The molecule has 0 saturated heterocycles. The fraction of sp³-hybridized carbons (Fsp3) is 0.941. The number of unbranched alkanes of at least 4 members (excludes halogenated alkanes) is 21. The molecule has 0 saturated carbocycles. The summed E-state index contributed by atoms with van der Waals surface area (Å²) in [7, 11) is -4.39. The number of amides is 1. The number of esters is 1. The maximum absolute atomic E-state index is 11.9. The average molecular weight is 650 g/mol. The predicted octanol–water partition coefficient (Wildman–Crippen LogP) is 8.93. The number of ether oxygens (including phenoxy) is 1. The highest BCUT2D eigenvalue weighted by Crippen LogP contribution is 2.42. The first-order valence-electron chi connectivity index (χ1n) is 18.0. The molecule has 0 aromatic rings. The number of phosphoric ester groups is 1. The Kier molecular flexibility index (Phi) is 31.3. The SMILES string of the molecule is CCCCCCCCCCCCCCCCCCCCCC(=O)OCC(O)COP(=O)(O)OCCNC(=O)CCCCCC. The van der Waals surface area contributed by atoms with Gasteiger partial charge in [0, 0.05) is 19.4 Å². The van der Waals surface area contributed by atoms with E-state index in [9.17, 15) is 24.2 Å². The summed E-state index contributed by atoms with van der Waals surface area (Å²) in [6.45, 7) is 3.43. The van der Waals surface area contributed by atoms with Crippen LogP contribution in [-0.4, -0.2) is 54.3 Å². The van der Waals surface area contributed by atoms with Crippen LogP contribution in [-0.2, 0) is 27.9 Å². The Hall–Kier alpha value is -0.990. The van der Waals surface area contributed by atoms with Crippen molar-refractivity contribution in [2.24, 2.45) is 0 Å². The minimum absolute atomic E-state index is 0.0835. The smallest absolute Gasteiger partial charge is 0.463 e. The van der Waals surface area contributed by atoms with Crippen molar-refractivity contribution in [2.45, 2.75) is 180 Å². The molecule has 0 aromatic carbocycles. The quantitative estimate of drug-likeness (QED) is 0.0358. The largest absolute Gasteiger partial charge is 0.472 e. The Balaban J connectivity index is 3.52. The Morgan fingerprint density at radius 1 is 0.614 bits per heavy atom. The van der Waals surface area contributed by atoms with Crippen LogP contribution < -0.4 is 5.32 Å².